The van der Waals surface area contributed by atoms with Crippen molar-refractivity contribution in [2.24, 2.45) is 5.92 Å². The van der Waals surface area contributed by atoms with E-state index in [0.717, 1.165) is 17.7 Å². The molecule has 1 N–H and O–H groups in total. The van der Waals surface area contributed by atoms with Crippen molar-refractivity contribution in [2.45, 2.75) is 63.3 Å². The highest BCUT2D eigenvalue weighted by molar-refractivity contribution is 6.00. The molecule has 0 spiro atoms. The van der Waals surface area contributed by atoms with E-state index in [2.05, 4.69) is 23.5 Å². The van der Waals surface area contributed by atoms with E-state index >= 15 is 0 Å². The summed E-state index contributed by atoms with van der Waals surface area (Å²) in [5, 5.41) is 3.08. The number of amides is 2. The number of carbonyl (C=O) groups excluding carboxylic acids is 2. The molecule has 1 aliphatic carbocycles. The van der Waals surface area contributed by atoms with Crippen LogP contribution in [0.3, 0.4) is 0 Å². The molecular formula is C26H32N2O2. The fourth-order valence-electron chi connectivity index (χ4n) is 5.10. The van der Waals surface area contributed by atoms with Crippen LogP contribution in [-0.4, -0.2) is 24.9 Å². The number of para-hydroxylation sites is 1. The van der Waals surface area contributed by atoms with E-state index in [-0.39, 0.29) is 17.7 Å². The van der Waals surface area contributed by atoms with Gasteiger partial charge in [-0.2, -0.15) is 0 Å². The summed E-state index contributed by atoms with van der Waals surface area (Å²) in [5.74, 6) is 0.704. The molecule has 0 saturated heterocycles. The average molecular weight is 405 g/mol. The first-order valence-electron chi connectivity index (χ1n) is 11.3. The minimum absolute atomic E-state index is 0.00471. The van der Waals surface area contributed by atoms with Gasteiger partial charge >= 0.3 is 0 Å². The van der Waals surface area contributed by atoms with Crippen molar-refractivity contribution >= 4 is 17.5 Å². The van der Waals surface area contributed by atoms with Crippen LogP contribution in [0.4, 0.5) is 5.69 Å². The summed E-state index contributed by atoms with van der Waals surface area (Å²) in [6.07, 6.45) is 8.41. The summed E-state index contributed by atoms with van der Waals surface area (Å²) in [4.78, 5) is 27.7. The van der Waals surface area contributed by atoms with Crippen LogP contribution in [0.5, 0.6) is 0 Å². The number of hydrogen-bond donors (Lipinski definition) is 1. The van der Waals surface area contributed by atoms with Gasteiger partial charge in [0.1, 0.15) is 6.04 Å². The van der Waals surface area contributed by atoms with Gasteiger partial charge in [-0.15, -0.1) is 0 Å². The molecule has 2 amide bonds. The van der Waals surface area contributed by atoms with Crippen LogP contribution in [0.2, 0.25) is 0 Å². The van der Waals surface area contributed by atoms with E-state index in [9.17, 15) is 9.59 Å². The molecule has 2 aromatic rings. The molecule has 1 saturated carbocycles. The number of likely N-dealkylation sites (N-methyl/N-ethyl adjacent to an activating group) is 1. The highest BCUT2D eigenvalue weighted by atomic mass is 16.2. The number of fused-ring (bicyclic) bond motifs is 1. The van der Waals surface area contributed by atoms with Crippen LogP contribution < -0.4 is 10.2 Å². The first kappa shape index (κ1) is 20.6. The Bertz CT molecular complexity index is 874. The third-order valence-corrected chi connectivity index (χ3v) is 6.82. The van der Waals surface area contributed by atoms with Gasteiger partial charge in [0.05, 0.1) is 0 Å². The second kappa shape index (κ2) is 9.46. The van der Waals surface area contributed by atoms with Crippen LogP contribution in [0.15, 0.2) is 54.6 Å². The van der Waals surface area contributed by atoms with Crippen LogP contribution in [0, 0.1) is 5.92 Å². The number of anilines is 1. The molecule has 4 rings (SSSR count). The topological polar surface area (TPSA) is 49.4 Å². The molecule has 4 nitrogen and oxygen atoms in total. The normalized spacial score (nSPS) is 22.3. The minimum atomic E-state index is -0.508. The zero-order valence-electron chi connectivity index (χ0n) is 17.8. The fraction of sp³-hybridized carbons (Fsp3) is 0.462. The van der Waals surface area contributed by atoms with E-state index < -0.39 is 6.04 Å². The summed E-state index contributed by atoms with van der Waals surface area (Å²) in [7, 11) is 1.82. The van der Waals surface area contributed by atoms with Crippen LogP contribution in [0.25, 0.3) is 0 Å². The first-order chi connectivity index (χ1) is 14.6. The van der Waals surface area contributed by atoms with Gasteiger partial charge in [0, 0.05) is 25.1 Å². The van der Waals surface area contributed by atoms with Crippen molar-refractivity contribution in [2.75, 3.05) is 11.9 Å². The number of nitrogens with one attached hydrogen (secondary N) is 1. The van der Waals surface area contributed by atoms with Crippen molar-refractivity contribution in [3.8, 4) is 0 Å². The predicted molar refractivity (Wildman–Crippen MR) is 120 cm³/mol. The van der Waals surface area contributed by atoms with Crippen molar-refractivity contribution in [1.82, 2.24) is 5.32 Å². The summed E-state index contributed by atoms with van der Waals surface area (Å²) in [6.45, 7) is 0. The molecule has 1 fully saturated rings. The van der Waals surface area contributed by atoms with E-state index in [4.69, 9.17) is 0 Å². The molecule has 0 aromatic heterocycles. The van der Waals surface area contributed by atoms with Gasteiger partial charge in [-0.1, -0.05) is 80.6 Å². The van der Waals surface area contributed by atoms with E-state index in [0.29, 0.717) is 18.8 Å². The molecule has 0 radical (unpaired) electrons. The molecule has 0 bridgehead atoms. The standard InChI is InChI=1S/C26H32N2O2/c1-28-24-15-9-8-14-21(24)22(20-12-6-3-7-13-20)18-23(26(28)30)27-25(29)17-16-19-10-4-2-5-11-19/h3,6-9,12-15,19,22-23H,2,4-5,10-11,16-18H2,1H3,(H,27,29)/t22-,23+/m1/s1. The second-order valence-corrected chi connectivity index (χ2v) is 8.82. The maximum absolute atomic E-state index is 13.2. The number of benzene rings is 2. The number of nitrogens with zero attached hydrogens (tertiary/aromatic N) is 1. The van der Waals surface area contributed by atoms with Gasteiger partial charge in [0.2, 0.25) is 11.8 Å². The zero-order chi connectivity index (χ0) is 20.9. The quantitative estimate of drug-likeness (QED) is 0.760. The van der Waals surface area contributed by atoms with Crippen molar-refractivity contribution in [3.05, 3.63) is 65.7 Å². The Morgan fingerprint density at radius 3 is 2.47 bits per heavy atom. The Morgan fingerprint density at radius 1 is 1.00 bits per heavy atom. The highest BCUT2D eigenvalue weighted by Gasteiger charge is 2.34. The predicted octanol–water partition coefficient (Wildman–Crippen LogP) is 5.03. The largest absolute Gasteiger partial charge is 0.344 e. The fourth-order valence-corrected chi connectivity index (χ4v) is 5.10. The van der Waals surface area contributed by atoms with Crippen molar-refractivity contribution in [3.63, 3.8) is 0 Å². The monoisotopic (exact) mass is 404 g/mol. The van der Waals surface area contributed by atoms with Gasteiger partial charge in [0.15, 0.2) is 0 Å². The smallest absolute Gasteiger partial charge is 0.249 e. The van der Waals surface area contributed by atoms with Crippen molar-refractivity contribution in [1.29, 1.82) is 0 Å². The van der Waals surface area contributed by atoms with Gasteiger partial charge in [-0.05, 0) is 36.0 Å². The molecule has 30 heavy (non-hydrogen) atoms. The zero-order valence-corrected chi connectivity index (χ0v) is 17.8. The Kier molecular flexibility index (Phi) is 6.51. The Hall–Kier alpha value is -2.62. The SMILES string of the molecule is CN1C(=O)[C@@H](NC(=O)CCC2CCCCC2)C[C@H](c2ccccc2)c2ccccc21. The Balaban J connectivity index is 1.52. The second-order valence-electron chi connectivity index (χ2n) is 8.82. The molecule has 158 valence electrons. The van der Waals surface area contributed by atoms with Crippen molar-refractivity contribution < 1.29 is 9.59 Å². The summed E-state index contributed by atoms with van der Waals surface area (Å²) < 4.78 is 0. The third kappa shape index (κ3) is 4.58. The lowest BCUT2D eigenvalue weighted by Crippen LogP contribution is -2.47. The summed E-state index contributed by atoms with van der Waals surface area (Å²) in [5.41, 5.74) is 3.24. The van der Waals surface area contributed by atoms with Crippen LogP contribution in [0.1, 0.15) is 68.4 Å². The lowest BCUT2D eigenvalue weighted by molar-refractivity contribution is -0.127. The van der Waals surface area contributed by atoms with Gasteiger partial charge in [0.25, 0.3) is 0 Å². The first-order valence-corrected chi connectivity index (χ1v) is 11.3. The van der Waals surface area contributed by atoms with Gasteiger partial charge < -0.3 is 10.2 Å². The molecule has 2 aromatic carbocycles. The van der Waals surface area contributed by atoms with Crippen LogP contribution >= 0.6 is 0 Å². The molecule has 1 heterocycles. The summed E-state index contributed by atoms with van der Waals surface area (Å²) >= 11 is 0. The molecule has 1 aliphatic heterocycles. The average Bonchev–Trinajstić information content (AvgIpc) is 2.90. The Labute approximate surface area is 179 Å². The lowest BCUT2D eigenvalue weighted by atomic mass is 9.85. The third-order valence-electron chi connectivity index (χ3n) is 6.82. The van der Waals surface area contributed by atoms with Gasteiger partial charge in [-0.25, -0.2) is 0 Å². The molecule has 4 heteroatoms. The summed E-state index contributed by atoms with van der Waals surface area (Å²) in [6, 6.07) is 17.9. The maximum Gasteiger partial charge on any atom is 0.249 e. The molecule has 0 unspecified atom stereocenters. The molecule has 2 atom stereocenters. The van der Waals surface area contributed by atoms with E-state index in [1.54, 1.807) is 4.90 Å². The van der Waals surface area contributed by atoms with Crippen LogP contribution in [-0.2, 0) is 9.59 Å². The highest BCUT2D eigenvalue weighted by Crippen LogP contribution is 2.38. The van der Waals surface area contributed by atoms with Gasteiger partial charge in [-0.3, -0.25) is 9.59 Å². The van der Waals surface area contributed by atoms with E-state index in [1.807, 2.05) is 43.4 Å². The number of carbonyl (C=O) groups is 2. The van der Waals surface area contributed by atoms with E-state index in [1.165, 1.54) is 37.7 Å². The Morgan fingerprint density at radius 2 is 1.70 bits per heavy atom. The molecule has 2 aliphatic rings. The number of hydrogen-bond acceptors (Lipinski definition) is 2. The molecular weight excluding hydrogens is 372 g/mol. The number of rotatable bonds is 5. The minimum Gasteiger partial charge on any atom is -0.344 e. The maximum atomic E-state index is 13.2. The lowest BCUT2D eigenvalue weighted by Gasteiger charge is -2.24.